The van der Waals surface area contributed by atoms with E-state index in [1.807, 2.05) is 42.5 Å². The highest BCUT2D eigenvalue weighted by Crippen LogP contribution is 2.67. The van der Waals surface area contributed by atoms with E-state index in [0.29, 0.717) is 12.1 Å². The second-order valence-corrected chi connectivity index (χ2v) is 20.6. The second-order valence-electron chi connectivity index (χ2n) is 18.5. The van der Waals surface area contributed by atoms with Gasteiger partial charge in [0.1, 0.15) is 18.1 Å². The molecule has 20 heteroatoms. The molecule has 0 saturated carbocycles. The van der Waals surface area contributed by atoms with Crippen molar-refractivity contribution in [3.63, 3.8) is 0 Å². The van der Waals surface area contributed by atoms with Crippen molar-refractivity contribution >= 4 is 60.3 Å². The molecule has 0 saturated heterocycles. The number of para-hydroxylation sites is 1. The van der Waals surface area contributed by atoms with Gasteiger partial charge in [-0.1, -0.05) is 72.8 Å². The number of amides is 5. The van der Waals surface area contributed by atoms with E-state index in [0.717, 1.165) is 28.8 Å². The lowest BCUT2D eigenvalue weighted by Gasteiger charge is -2.29. The summed E-state index contributed by atoms with van der Waals surface area (Å²) in [6, 6.07) is 15.5. The number of halogens is 2. The number of hydrogen-bond donors (Lipinski definition) is 4. The fraction of sp³-hybridized carbons (Fsp3) is 0.438. The average Bonchev–Trinajstić information content (AvgIpc) is 3.62. The molecule has 3 aromatic rings. The molecule has 0 aliphatic carbocycles. The standard InChI is InChI=1S/C48H58F2N5O12P/c1-29(31-16-19-34(20-17-31)48(49,50)68(63,66-27-64-44(61)46(2,3)4)67-28-65-45(62)47(5,6)7)24-39(57)53-36-21-18-32-14-11-15-33-25-37(55(40(32)33)43(36)60)42(59)54-35(22-23-38(51)56)41(58)52-26-30-12-9-8-10-13-30/h8-17,19-20,24,35-37H,18,21-23,25-28H2,1-7H3,(H2,51,56)(H,52,58)(H,53,57)(H,54,59)/b29-24+/t35?,36-,37?/m0/s1. The van der Waals surface area contributed by atoms with Gasteiger partial charge in [-0.05, 0) is 95.6 Å². The lowest BCUT2D eigenvalue weighted by Crippen LogP contribution is -2.57. The number of carbonyl (C=O) groups excluding carboxylic acids is 7. The topological polar surface area (TPSA) is 239 Å². The number of carbonyl (C=O) groups is 7. The van der Waals surface area contributed by atoms with Crippen molar-refractivity contribution in [3.05, 3.63) is 107 Å². The number of benzene rings is 3. The van der Waals surface area contributed by atoms with E-state index in [4.69, 9.17) is 24.3 Å². The van der Waals surface area contributed by atoms with Crippen LogP contribution in [0.25, 0.3) is 5.57 Å². The number of aryl methyl sites for hydroxylation is 1. The maximum atomic E-state index is 16.1. The molecular weight excluding hydrogens is 908 g/mol. The summed E-state index contributed by atoms with van der Waals surface area (Å²) < 4.78 is 65.6. The maximum absolute atomic E-state index is 16.1. The van der Waals surface area contributed by atoms with E-state index in [1.165, 1.54) is 71.6 Å². The summed E-state index contributed by atoms with van der Waals surface area (Å²) in [5.41, 5.74) is 1.50. The normalized spacial score (nSPS) is 16.8. The predicted octanol–water partition coefficient (Wildman–Crippen LogP) is 5.91. The Balaban J connectivity index is 1.30. The van der Waals surface area contributed by atoms with Crippen LogP contribution in [-0.2, 0) is 81.7 Å². The molecular formula is C48H58F2N5O12P. The van der Waals surface area contributed by atoms with E-state index in [1.54, 1.807) is 6.07 Å². The number of anilines is 1. The van der Waals surface area contributed by atoms with Crippen LogP contribution in [0.15, 0.2) is 78.9 Å². The Kier molecular flexibility index (Phi) is 16.9. The van der Waals surface area contributed by atoms with E-state index in [2.05, 4.69) is 16.0 Å². The first-order chi connectivity index (χ1) is 31.8. The number of hydrogen-bond acceptors (Lipinski definition) is 12. The van der Waals surface area contributed by atoms with Gasteiger partial charge < -0.3 is 31.2 Å². The molecule has 0 bridgehead atoms. The lowest BCUT2D eigenvalue weighted by atomic mass is 9.98. The number of primary amides is 1. The number of esters is 2. The molecule has 0 spiro atoms. The summed E-state index contributed by atoms with van der Waals surface area (Å²) in [5, 5.41) is 8.23. The summed E-state index contributed by atoms with van der Waals surface area (Å²) in [7, 11) is -5.58. The molecule has 3 aromatic carbocycles. The minimum Gasteiger partial charge on any atom is -0.438 e. The van der Waals surface area contributed by atoms with Gasteiger partial charge in [0.2, 0.25) is 43.1 Å². The number of nitrogens with one attached hydrogen (secondary N) is 3. The number of rotatable bonds is 19. The maximum Gasteiger partial charge on any atom is 0.410 e. The zero-order valence-corrected chi connectivity index (χ0v) is 39.9. The Hall–Kier alpha value is -6.30. The third kappa shape index (κ3) is 13.0. The van der Waals surface area contributed by atoms with Gasteiger partial charge in [-0.2, -0.15) is 8.78 Å². The van der Waals surface area contributed by atoms with Crippen LogP contribution in [0.2, 0.25) is 0 Å². The van der Waals surface area contributed by atoms with Crippen LogP contribution < -0.4 is 26.6 Å². The minimum absolute atomic E-state index is 0.0907. The first-order valence-electron chi connectivity index (χ1n) is 21.9. The predicted molar refractivity (Wildman–Crippen MR) is 245 cm³/mol. The molecule has 0 aromatic heterocycles. The molecule has 366 valence electrons. The number of ether oxygens (including phenoxy) is 2. The summed E-state index contributed by atoms with van der Waals surface area (Å²) in [6.45, 7) is 8.41. The van der Waals surface area contributed by atoms with E-state index in [-0.39, 0.29) is 43.4 Å². The molecule has 5 rings (SSSR count). The van der Waals surface area contributed by atoms with Crippen LogP contribution >= 0.6 is 7.60 Å². The molecule has 5 N–H and O–H groups in total. The van der Waals surface area contributed by atoms with E-state index < -0.39 is 103 Å². The highest BCUT2D eigenvalue weighted by atomic mass is 31.2. The van der Waals surface area contributed by atoms with Gasteiger partial charge in [-0.15, -0.1) is 0 Å². The molecule has 0 fully saturated rings. The SMILES string of the molecule is C/C(=C\C(=O)N[C@H]1CCc2cccc3c2N(C1=O)C(C(=O)NC(CCC(N)=O)C(=O)NCc1ccccc1)C3)c1ccc(C(F)(F)P(=O)(OCOC(=O)C(C)(C)C)OCOC(=O)C(C)(C)C)cc1. The Morgan fingerprint density at radius 1 is 0.853 bits per heavy atom. The molecule has 0 radical (unpaired) electrons. The Bertz CT molecular complexity index is 2430. The summed E-state index contributed by atoms with van der Waals surface area (Å²) in [5.74, 6) is -4.81. The van der Waals surface area contributed by atoms with Gasteiger partial charge in [0, 0.05) is 31.0 Å². The summed E-state index contributed by atoms with van der Waals surface area (Å²) >= 11 is 0. The van der Waals surface area contributed by atoms with Crippen molar-refractivity contribution in [2.75, 3.05) is 18.5 Å². The fourth-order valence-corrected chi connectivity index (χ4v) is 8.47. The van der Waals surface area contributed by atoms with Gasteiger partial charge in [0.05, 0.1) is 16.5 Å². The van der Waals surface area contributed by atoms with Gasteiger partial charge in [0.25, 0.3) is 0 Å². The van der Waals surface area contributed by atoms with Crippen molar-refractivity contribution in [2.45, 2.75) is 111 Å². The van der Waals surface area contributed by atoms with Gasteiger partial charge in [-0.3, -0.25) is 52.1 Å². The van der Waals surface area contributed by atoms with Gasteiger partial charge in [-0.25, -0.2) is 0 Å². The van der Waals surface area contributed by atoms with Crippen LogP contribution in [0.3, 0.4) is 0 Å². The van der Waals surface area contributed by atoms with Crippen LogP contribution in [0, 0.1) is 10.8 Å². The van der Waals surface area contributed by atoms with Crippen LogP contribution in [0.4, 0.5) is 14.5 Å². The molecule has 3 atom stereocenters. The summed E-state index contributed by atoms with van der Waals surface area (Å²) in [4.78, 5) is 93.0. The molecule has 2 aliphatic heterocycles. The van der Waals surface area contributed by atoms with Crippen molar-refractivity contribution in [1.29, 1.82) is 0 Å². The largest absolute Gasteiger partial charge is 0.438 e. The zero-order valence-electron chi connectivity index (χ0n) is 39.0. The molecule has 68 heavy (non-hydrogen) atoms. The monoisotopic (exact) mass is 965 g/mol. The van der Waals surface area contributed by atoms with Crippen molar-refractivity contribution in [2.24, 2.45) is 16.6 Å². The zero-order chi connectivity index (χ0) is 50.2. The highest BCUT2D eigenvalue weighted by molar-refractivity contribution is 7.54. The quantitative estimate of drug-likeness (QED) is 0.0475. The van der Waals surface area contributed by atoms with E-state index >= 15 is 8.78 Å². The van der Waals surface area contributed by atoms with Gasteiger partial charge in [0.15, 0.2) is 0 Å². The van der Waals surface area contributed by atoms with Gasteiger partial charge >= 0.3 is 25.2 Å². The van der Waals surface area contributed by atoms with Crippen LogP contribution in [0.5, 0.6) is 0 Å². The molecule has 2 heterocycles. The highest BCUT2D eigenvalue weighted by Gasteiger charge is 2.56. The molecule has 2 unspecified atom stereocenters. The number of nitrogens with two attached hydrogens (primary N) is 1. The Morgan fingerprint density at radius 3 is 2.01 bits per heavy atom. The first kappa shape index (κ1) is 52.7. The summed E-state index contributed by atoms with van der Waals surface area (Å²) in [6.07, 6.45) is 1.53. The van der Waals surface area contributed by atoms with Crippen molar-refractivity contribution in [3.8, 4) is 0 Å². The fourth-order valence-electron chi connectivity index (χ4n) is 7.22. The molecule has 2 aliphatic rings. The Labute approximate surface area is 393 Å². The number of alkyl halides is 2. The second kappa shape index (κ2) is 21.8. The van der Waals surface area contributed by atoms with Crippen LogP contribution in [-0.4, -0.2) is 73.2 Å². The molecule has 5 amide bonds. The van der Waals surface area contributed by atoms with Crippen LogP contribution in [0.1, 0.15) is 95.5 Å². The Morgan fingerprint density at radius 2 is 1.44 bits per heavy atom. The third-order valence-corrected chi connectivity index (χ3v) is 12.9. The minimum atomic E-state index is -5.58. The lowest BCUT2D eigenvalue weighted by molar-refractivity contribution is -0.163. The van der Waals surface area contributed by atoms with Crippen molar-refractivity contribution < 1.29 is 65.4 Å². The smallest absolute Gasteiger partial charge is 0.410 e. The average molecular weight is 966 g/mol. The molecule has 17 nitrogen and oxygen atoms in total. The first-order valence-corrected chi connectivity index (χ1v) is 23.4. The van der Waals surface area contributed by atoms with Crippen molar-refractivity contribution in [1.82, 2.24) is 16.0 Å². The number of allylic oxidation sites excluding steroid dienone is 1. The van der Waals surface area contributed by atoms with E-state index in [9.17, 15) is 38.1 Å². The number of nitrogens with zero attached hydrogens (tertiary/aromatic N) is 1. The third-order valence-electron chi connectivity index (χ3n) is 11.1.